The van der Waals surface area contributed by atoms with Crippen molar-refractivity contribution in [3.05, 3.63) is 109 Å². The van der Waals surface area contributed by atoms with Crippen molar-refractivity contribution in [2.24, 2.45) is 5.73 Å². The Kier molecular flexibility index (Phi) is 10.4. The van der Waals surface area contributed by atoms with E-state index in [9.17, 15) is 32.3 Å². The van der Waals surface area contributed by atoms with Gasteiger partial charge in [0.1, 0.15) is 23.0 Å². The van der Waals surface area contributed by atoms with E-state index in [1.54, 1.807) is 12.1 Å². The highest BCUT2D eigenvalue weighted by Crippen LogP contribution is 2.28. The molecular formula is C32H27BrClF4N5O6. The lowest BCUT2D eigenvalue weighted by Gasteiger charge is -2.28. The summed E-state index contributed by atoms with van der Waals surface area (Å²) in [5, 5.41) is 3.00. The summed E-state index contributed by atoms with van der Waals surface area (Å²) in [7, 11) is 0. The molecule has 1 unspecified atom stereocenters. The largest absolute Gasteiger partial charge is 0.484 e. The van der Waals surface area contributed by atoms with E-state index in [-0.39, 0.29) is 59.3 Å². The second-order valence-corrected chi connectivity index (χ2v) is 12.2. The number of hydrogen-bond acceptors (Lipinski definition) is 6. The van der Waals surface area contributed by atoms with Crippen LogP contribution in [0, 0.1) is 5.82 Å². The molecule has 0 aliphatic carbocycles. The first-order valence-corrected chi connectivity index (χ1v) is 15.7. The van der Waals surface area contributed by atoms with Crippen LogP contribution in [0.3, 0.4) is 0 Å². The number of nitrogens with two attached hydrogens (primary N) is 1. The SMILES string of the molecule is CC(NC(=O)c1c2n(c(=O)n1-c1ccc(OCC(F)(F)F)cc1)CCN(C(=O)c1ccc(Br)c(Cl)c1)C2)c1ccc(OCC(N)=O)cc1F. The number of ether oxygens (including phenoxy) is 2. The Morgan fingerprint density at radius 2 is 1.71 bits per heavy atom. The van der Waals surface area contributed by atoms with Crippen molar-refractivity contribution >= 4 is 45.3 Å². The molecule has 1 aliphatic heterocycles. The fraction of sp³-hybridized carbons (Fsp3) is 0.250. The maximum Gasteiger partial charge on any atom is 0.422 e. The third-order valence-electron chi connectivity index (χ3n) is 7.51. The van der Waals surface area contributed by atoms with Gasteiger partial charge in [-0.1, -0.05) is 17.7 Å². The van der Waals surface area contributed by atoms with Crippen molar-refractivity contribution in [1.29, 1.82) is 0 Å². The summed E-state index contributed by atoms with van der Waals surface area (Å²) < 4.78 is 66.0. The van der Waals surface area contributed by atoms with Gasteiger partial charge in [0.05, 0.1) is 29.0 Å². The summed E-state index contributed by atoms with van der Waals surface area (Å²) >= 11 is 9.49. The van der Waals surface area contributed by atoms with Crippen molar-refractivity contribution in [1.82, 2.24) is 19.4 Å². The molecule has 3 amide bonds. The van der Waals surface area contributed by atoms with Crippen LogP contribution in [0.25, 0.3) is 5.69 Å². The van der Waals surface area contributed by atoms with Crippen LogP contribution < -0.4 is 26.2 Å². The monoisotopic (exact) mass is 767 g/mol. The summed E-state index contributed by atoms with van der Waals surface area (Å²) in [6, 6.07) is 12.6. The average molecular weight is 769 g/mol. The number of fused-ring (bicyclic) bond motifs is 1. The van der Waals surface area contributed by atoms with Gasteiger partial charge in [0.25, 0.3) is 17.7 Å². The van der Waals surface area contributed by atoms with Crippen LogP contribution >= 0.6 is 27.5 Å². The number of imidazole rings is 1. The van der Waals surface area contributed by atoms with Gasteiger partial charge < -0.3 is 25.4 Å². The molecule has 0 saturated heterocycles. The Morgan fingerprint density at radius 3 is 2.35 bits per heavy atom. The number of carbonyl (C=O) groups is 3. The summed E-state index contributed by atoms with van der Waals surface area (Å²) in [4.78, 5) is 53.8. The quantitative estimate of drug-likeness (QED) is 0.214. The van der Waals surface area contributed by atoms with Crippen LogP contribution in [0.2, 0.25) is 5.02 Å². The number of nitrogens with one attached hydrogen (secondary N) is 1. The fourth-order valence-electron chi connectivity index (χ4n) is 5.22. The summed E-state index contributed by atoms with van der Waals surface area (Å²) in [6.07, 6.45) is -4.57. The molecule has 2 heterocycles. The molecule has 258 valence electrons. The van der Waals surface area contributed by atoms with Gasteiger partial charge in [-0.15, -0.1) is 0 Å². The number of hydrogen-bond donors (Lipinski definition) is 2. The second kappa shape index (κ2) is 14.3. The molecule has 49 heavy (non-hydrogen) atoms. The van der Waals surface area contributed by atoms with E-state index in [0.717, 1.165) is 10.6 Å². The van der Waals surface area contributed by atoms with E-state index in [1.165, 1.54) is 58.9 Å². The number of halogens is 6. The molecule has 1 aliphatic rings. The van der Waals surface area contributed by atoms with Crippen LogP contribution in [0.5, 0.6) is 11.5 Å². The molecule has 3 aromatic carbocycles. The second-order valence-electron chi connectivity index (χ2n) is 11.0. The van der Waals surface area contributed by atoms with Gasteiger partial charge in [-0.2, -0.15) is 13.2 Å². The molecule has 3 N–H and O–H groups in total. The van der Waals surface area contributed by atoms with Gasteiger partial charge in [0.2, 0.25) is 0 Å². The first kappa shape index (κ1) is 35.5. The molecule has 4 aromatic rings. The van der Waals surface area contributed by atoms with E-state index in [2.05, 4.69) is 21.2 Å². The van der Waals surface area contributed by atoms with Gasteiger partial charge in [-0.25, -0.2) is 9.18 Å². The maximum atomic E-state index is 15.1. The smallest absolute Gasteiger partial charge is 0.422 e. The minimum Gasteiger partial charge on any atom is -0.484 e. The Morgan fingerprint density at radius 1 is 1.02 bits per heavy atom. The molecule has 17 heteroatoms. The lowest BCUT2D eigenvalue weighted by Crippen LogP contribution is -2.41. The summed E-state index contributed by atoms with van der Waals surface area (Å²) in [5.41, 5.74) is 4.88. The van der Waals surface area contributed by atoms with Gasteiger partial charge in [0.15, 0.2) is 13.2 Å². The molecule has 0 bridgehead atoms. The van der Waals surface area contributed by atoms with Crippen molar-refractivity contribution in [3.8, 4) is 17.2 Å². The Labute approximate surface area is 289 Å². The number of nitrogens with zero attached hydrogens (tertiary/aromatic N) is 3. The first-order valence-electron chi connectivity index (χ1n) is 14.5. The molecule has 5 rings (SSSR count). The normalized spacial score (nSPS) is 13.4. The van der Waals surface area contributed by atoms with Crippen LogP contribution in [0.4, 0.5) is 17.6 Å². The Hall–Kier alpha value is -4.83. The van der Waals surface area contributed by atoms with Gasteiger partial charge >= 0.3 is 11.9 Å². The molecule has 1 aromatic heterocycles. The predicted molar refractivity (Wildman–Crippen MR) is 172 cm³/mol. The number of aromatic nitrogens is 2. The molecule has 0 radical (unpaired) electrons. The zero-order valence-corrected chi connectivity index (χ0v) is 27.9. The van der Waals surface area contributed by atoms with Gasteiger partial charge in [0, 0.05) is 34.8 Å². The first-order chi connectivity index (χ1) is 23.1. The van der Waals surface area contributed by atoms with Crippen molar-refractivity contribution in [2.45, 2.75) is 32.2 Å². The molecule has 11 nitrogen and oxygen atoms in total. The fourth-order valence-corrected chi connectivity index (χ4v) is 5.65. The standard InChI is InChI=1S/C32H27BrClF4N5O6/c1-17(22-8-7-21(13-25(22)35)48-15-27(39)44)40-29(45)28-26-14-41(30(46)18-2-9-23(33)24(34)12-18)10-11-42(26)31(47)43(28)19-3-5-20(6-4-19)49-16-32(36,37)38/h2-9,12-13,17H,10-11,14-16H2,1H3,(H2,39,44)(H,40,45). The number of alkyl halides is 3. The van der Waals surface area contributed by atoms with Crippen LogP contribution in [0.1, 0.15) is 45.1 Å². The average Bonchev–Trinajstić information content (AvgIpc) is 3.35. The highest BCUT2D eigenvalue weighted by Gasteiger charge is 2.33. The number of benzene rings is 3. The number of rotatable bonds is 10. The Bertz CT molecular complexity index is 1980. The summed E-state index contributed by atoms with van der Waals surface area (Å²) in [5.74, 6) is -2.81. The minimum absolute atomic E-state index is 0.0151. The third-order valence-corrected chi connectivity index (χ3v) is 8.74. The molecule has 0 fully saturated rings. The Balaban J connectivity index is 1.50. The number of primary amides is 1. The van der Waals surface area contributed by atoms with E-state index < -0.39 is 54.7 Å². The molecule has 0 saturated carbocycles. The number of carbonyl (C=O) groups excluding carboxylic acids is 3. The van der Waals surface area contributed by atoms with E-state index in [0.29, 0.717) is 9.50 Å². The van der Waals surface area contributed by atoms with E-state index in [1.807, 2.05) is 0 Å². The predicted octanol–water partition coefficient (Wildman–Crippen LogP) is 5.15. The third kappa shape index (κ3) is 8.08. The van der Waals surface area contributed by atoms with E-state index in [4.69, 9.17) is 26.8 Å². The molecule has 1 atom stereocenters. The van der Waals surface area contributed by atoms with Crippen LogP contribution in [-0.4, -0.2) is 57.7 Å². The van der Waals surface area contributed by atoms with Gasteiger partial charge in [-0.3, -0.25) is 23.5 Å². The maximum absolute atomic E-state index is 15.1. The van der Waals surface area contributed by atoms with E-state index >= 15 is 4.39 Å². The zero-order chi connectivity index (χ0) is 35.6. The van der Waals surface area contributed by atoms with Crippen LogP contribution in [-0.2, 0) is 17.9 Å². The highest BCUT2D eigenvalue weighted by molar-refractivity contribution is 9.10. The lowest BCUT2D eigenvalue weighted by atomic mass is 10.1. The van der Waals surface area contributed by atoms with Crippen molar-refractivity contribution < 1.29 is 41.4 Å². The molecule has 0 spiro atoms. The van der Waals surface area contributed by atoms with Gasteiger partial charge in [-0.05, 0) is 71.4 Å². The topological polar surface area (TPSA) is 138 Å². The van der Waals surface area contributed by atoms with Crippen molar-refractivity contribution in [3.63, 3.8) is 0 Å². The zero-order valence-electron chi connectivity index (χ0n) is 25.5. The molecular weight excluding hydrogens is 742 g/mol. The lowest BCUT2D eigenvalue weighted by molar-refractivity contribution is -0.153. The minimum atomic E-state index is -4.57. The number of amides is 3. The van der Waals surface area contributed by atoms with Crippen LogP contribution in [0.15, 0.2) is 69.9 Å². The van der Waals surface area contributed by atoms with Crippen molar-refractivity contribution in [2.75, 3.05) is 19.8 Å². The highest BCUT2D eigenvalue weighted by atomic mass is 79.9. The summed E-state index contributed by atoms with van der Waals surface area (Å²) in [6.45, 7) is -0.529.